The first-order chi connectivity index (χ1) is 8.33. The molecule has 0 aliphatic heterocycles. The minimum absolute atomic E-state index is 0.189. The van der Waals surface area contributed by atoms with Crippen LogP contribution in [0.4, 0.5) is 5.69 Å². The molecule has 0 fully saturated rings. The van der Waals surface area contributed by atoms with Crippen molar-refractivity contribution in [1.82, 2.24) is 0 Å². The van der Waals surface area contributed by atoms with Crippen LogP contribution in [0.3, 0.4) is 0 Å². The first-order valence-corrected chi connectivity index (χ1v) is 6.57. The van der Waals surface area contributed by atoms with E-state index < -0.39 is 22.0 Å². The summed E-state index contributed by atoms with van der Waals surface area (Å²) in [5.41, 5.74) is 8.68. The van der Waals surface area contributed by atoms with Gasteiger partial charge in [-0.1, -0.05) is 17.2 Å². The summed E-state index contributed by atoms with van der Waals surface area (Å²) in [4.78, 5) is 13.3. The number of benzene rings is 1. The molecule has 0 spiro atoms. The van der Waals surface area contributed by atoms with E-state index in [2.05, 4.69) is 14.7 Å². The lowest BCUT2D eigenvalue weighted by Crippen LogP contribution is -2.11. The van der Waals surface area contributed by atoms with Gasteiger partial charge in [-0.05, 0) is 23.2 Å². The average Bonchev–Trinajstić information content (AvgIpc) is 2.23. The van der Waals surface area contributed by atoms with Crippen molar-refractivity contribution in [2.75, 3.05) is 11.0 Å². The Morgan fingerprint density at radius 1 is 1.56 bits per heavy atom. The first kappa shape index (κ1) is 13.8. The molecule has 8 nitrogen and oxygen atoms in total. The Hall–Kier alpha value is -2.25. The van der Waals surface area contributed by atoms with E-state index in [1.807, 2.05) is 0 Å². The molecule has 0 radical (unpaired) electrons. The number of carboxylic acids is 1. The zero-order chi connectivity index (χ0) is 13.8. The van der Waals surface area contributed by atoms with Crippen LogP contribution in [-0.2, 0) is 14.8 Å². The van der Waals surface area contributed by atoms with E-state index in [0.29, 0.717) is 0 Å². The fourth-order valence-corrected chi connectivity index (χ4v) is 1.85. The van der Waals surface area contributed by atoms with E-state index >= 15 is 0 Å². The lowest BCUT2D eigenvalue weighted by Gasteiger charge is -2.09. The highest BCUT2D eigenvalue weighted by molar-refractivity contribution is 7.92. The second-order valence-electron chi connectivity index (χ2n) is 3.45. The highest BCUT2D eigenvalue weighted by atomic mass is 32.2. The molecule has 0 amide bonds. The molecule has 96 valence electrons. The van der Waals surface area contributed by atoms with E-state index in [9.17, 15) is 13.2 Å². The van der Waals surface area contributed by atoms with E-state index in [1.54, 1.807) is 0 Å². The number of hydrogen-bond donors (Lipinski definition) is 2. The number of rotatable bonds is 5. The third-order valence-electron chi connectivity index (χ3n) is 1.91. The molecule has 0 bridgehead atoms. The summed E-state index contributed by atoms with van der Waals surface area (Å²) in [5.74, 6) is -1.32. The molecule has 1 rings (SSSR count). The Kier molecular flexibility index (Phi) is 4.13. The first-order valence-electron chi connectivity index (χ1n) is 4.68. The summed E-state index contributed by atoms with van der Waals surface area (Å²) in [5, 5.41) is 12.0. The van der Waals surface area contributed by atoms with E-state index in [4.69, 9.17) is 10.6 Å². The molecule has 0 aliphatic rings. The molecule has 0 heterocycles. The molecular weight excluding hydrogens is 260 g/mol. The number of azide groups is 1. The van der Waals surface area contributed by atoms with E-state index in [-0.39, 0.29) is 11.3 Å². The maximum atomic E-state index is 11.0. The topological polar surface area (TPSA) is 132 Å². The summed E-state index contributed by atoms with van der Waals surface area (Å²) >= 11 is 0. The van der Waals surface area contributed by atoms with E-state index in [1.165, 1.54) is 24.3 Å². The molecular formula is C9H10N4O4S. The Morgan fingerprint density at radius 2 is 2.22 bits per heavy atom. The van der Waals surface area contributed by atoms with Gasteiger partial charge in [-0.3, -0.25) is 9.52 Å². The number of anilines is 1. The van der Waals surface area contributed by atoms with Gasteiger partial charge >= 0.3 is 5.97 Å². The molecule has 9 heteroatoms. The Balaban J connectivity index is 3.14. The minimum Gasteiger partial charge on any atom is -0.481 e. The summed E-state index contributed by atoms with van der Waals surface area (Å²) in [6.45, 7) is 0. The van der Waals surface area contributed by atoms with Crippen molar-refractivity contribution >= 4 is 21.7 Å². The lowest BCUT2D eigenvalue weighted by atomic mass is 10.1. The quantitative estimate of drug-likeness (QED) is 0.476. The molecule has 0 saturated carbocycles. The summed E-state index contributed by atoms with van der Waals surface area (Å²) < 4.78 is 24.3. The maximum Gasteiger partial charge on any atom is 0.316 e. The largest absolute Gasteiger partial charge is 0.481 e. The van der Waals surface area contributed by atoms with Gasteiger partial charge in [-0.15, -0.1) is 0 Å². The van der Waals surface area contributed by atoms with Crippen molar-refractivity contribution in [2.45, 2.75) is 6.04 Å². The number of nitrogens with one attached hydrogen (secondary N) is 1. The smallest absolute Gasteiger partial charge is 0.316 e. The van der Waals surface area contributed by atoms with Crippen LogP contribution >= 0.6 is 0 Å². The van der Waals surface area contributed by atoms with Gasteiger partial charge < -0.3 is 5.11 Å². The van der Waals surface area contributed by atoms with Crippen LogP contribution in [0.5, 0.6) is 0 Å². The Bertz CT molecular complexity index is 605. The molecule has 0 aliphatic carbocycles. The van der Waals surface area contributed by atoms with Gasteiger partial charge in [-0.25, -0.2) is 8.42 Å². The van der Waals surface area contributed by atoms with Gasteiger partial charge in [0.25, 0.3) is 0 Å². The van der Waals surface area contributed by atoms with Crippen LogP contribution in [0.25, 0.3) is 10.4 Å². The van der Waals surface area contributed by atoms with Crippen molar-refractivity contribution < 1.29 is 18.3 Å². The highest BCUT2D eigenvalue weighted by Crippen LogP contribution is 2.21. The van der Waals surface area contributed by atoms with Gasteiger partial charge in [0.1, 0.15) is 0 Å². The standard InChI is InChI=1S/C9H10N4O4S/c1-18(16,17)12-7-4-2-3-6(5-7)8(9(14)15)11-13-10/h2-5,8,12H,1H3,(H,14,15)/t8-/m1/s1. The van der Waals surface area contributed by atoms with Crippen molar-refractivity contribution in [1.29, 1.82) is 0 Å². The van der Waals surface area contributed by atoms with Crippen molar-refractivity contribution in [3.8, 4) is 0 Å². The third kappa shape index (κ3) is 3.96. The maximum absolute atomic E-state index is 11.0. The van der Waals surface area contributed by atoms with Crippen molar-refractivity contribution in [3.63, 3.8) is 0 Å². The van der Waals surface area contributed by atoms with Crippen molar-refractivity contribution in [2.24, 2.45) is 5.11 Å². The summed E-state index contributed by atoms with van der Waals surface area (Å²) in [6.07, 6.45) is 0.974. The molecule has 0 aromatic heterocycles. The SMILES string of the molecule is CS(=O)(=O)Nc1cccc([C@@H](N=[N+]=[N-])C(=O)O)c1. The second-order valence-corrected chi connectivity index (χ2v) is 5.19. The molecule has 18 heavy (non-hydrogen) atoms. The fraction of sp³-hybridized carbons (Fsp3) is 0.222. The molecule has 0 saturated heterocycles. The predicted octanol–water partition coefficient (Wildman–Crippen LogP) is 1.49. The van der Waals surface area contributed by atoms with Crippen LogP contribution in [0.2, 0.25) is 0 Å². The van der Waals surface area contributed by atoms with Gasteiger partial charge in [-0.2, -0.15) is 0 Å². The monoisotopic (exact) mass is 270 g/mol. The van der Waals surface area contributed by atoms with Gasteiger partial charge in [0.2, 0.25) is 10.0 Å². The lowest BCUT2D eigenvalue weighted by molar-refractivity contribution is -0.138. The second kappa shape index (κ2) is 5.39. The summed E-state index contributed by atoms with van der Waals surface area (Å²) in [6, 6.07) is 4.26. The fourth-order valence-electron chi connectivity index (χ4n) is 1.30. The number of hydrogen-bond acceptors (Lipinski definition) is 4. The molecule has 1 atom stereocenters. The zero-order valence-electron chi connectivity index (χ0n) is 9.31. The Labute approximate surface area is 103 Å². The number of carbonyl (C=O) groups is 1. The van der Waals surface area contributed by atoms with Gasteiger partial charge in [0, 0.05) is 10.6 Å². The number of nitrogens with zero attached hydrogens (tertiary/aromatic N) is 3. The molecule has 1 aromatic rings. The molecule has 1 aromatic carbocycles. The number of aliphatic carboxylic acids is 1. The van der Waals surface area contributed by atoms with Crippen LogP contribution in [0.15, 0.2) is 29.4 Å². The minimum atomic E-state index is -3.45. The van der Waals surface area contributed by atoms with Crippen molar-refractivity contribution in [3.05, 3.63) is 40.3 Å². The number of sulfonamides is 1. The molecule has 2 N–H and O–H groups in total. The van der Waals surface area contributed by atoms with Crippen LogP contribution in [-0.4, -0.2) is 25.7 Å². The summed E-state index contributed by atoms with van der Waals surface area (Å²) in [7, 11) is -3.45. The van der Waals surface area contributed by atoms with E-state index in [0.717, 1.165) is 6.26 Å². The van der Waals surface area contributed by atoms with Crippen LogP contribution in [0.1, 0.15) is 11.6 Å². The average molecular weight is 270 g/mol. The van der Waals surface area contributed by atoms with Crippen LogP contribution < -0.4 is 4.72 Å². The normalized spacial score (nSPS) is 12.3. The number of carboxylic acid groups (broad SMARTS) is 1. The third-order valence-corrected chi connectivity index (χ3v) is 2.51. The van der Waals surface area contributed by atoms with Gasteiger partial charge in [0.05, 0.1) is 6.26 Å². The highest BCUT2D eigenvalue weighted by Gasteiger charge is 2.18. The molecule has 0 unspecified atom stereocenters. The predicted molar refractivity (Wildman–Crippen MR) is 64.4 cm³/mol. The van der Waals surface area contributed by atoms with Crippen LogP contribution in [0, 0.1) is 0 Å². The zero-order valence-corrected chi connectivity index (χ0v) is 10.1. The van der Waals surface area contributed by atoms with Gasteiger partial charge in [0.15, 0.2) is 6.04 Å². The Morgan fingerprint density at radius 3 is 2.72 bits per heavy atom.